The number of terminal acetylenes is 1. The summed E-state index contributed by atoms with van der Waals surface area (Å²) in [4.78, 5) is 29.9. The summed E-state index contributed by atoms with van der Waals surface area (Å²) >= 11 is 0. The second kappa shape index (κ2) is 7.61. The Bertz CT molecular complexity index is 1160. The number of methoxy groups -OCH3 is 1. The number of fused-ring (bicyclic) bond motifs is 1. The van der Waals surface area contributed by atoms with Crippen molar-refractivity contribution in [3.05, 3.63) is 52.0 Å². The number of pyridine rings is 1. The topological polar surface area (TPSA) is 83.3 Å². The van der Waals surface area contributed by atoms with Gasteiger partial charge in [-0.05, 0) is 54.5 Å². The van der Waals surface area contributed by atoms with Gasteiger partial charge in [0, 0.05) is 30.3 Å². The maximum absolute atomic E-state index is 14.9. The average Bonchev–Trinajstić information content (AvgIpc) is 3.61. The minimum absolute atomic E-state index is 0.0843. The van der Waals surface area contributed by atoms with Crippen LogP contribution in [0.2, 0.25) is 0 Å². The van der Waals surface area contributed by atoms with Gasteiger partial charge in [-0.3, -0.25) is 9.78 Å². The number of carbonyl (C=O) groups excluding carboxylic acids is 2. The lowest BCUT2D eigenvalue weighted by molar-refractivity contribution is -0.125. The maximum atomic E-state index is 14.9. The molecule has 2 heterocycles. The van der Waals surface area contributed by atoms with Gasteiger partial charge >= 0.3 is 5.97 Å². The van der Waals surface area contributed by atoms with E-state index in [4.69, 9.17) is 11.4 Å². The van der Waals surface area contributed by atoms with Crippen LogP contribution in [0.1, 0.15) is 51.5 Å². The number of aromatic nitrogens is 1. The minimum Gasteiger partial charge on any atom is -0.465 e. The molecular weight excluding hydrogens is 385 g/mol. The van der Waals surface area contributed by atoms with E-state index in [1.165, 1.54) is 19.2 Å². The molecule has 2 aliphatic rings. The van der Waals surface area contributed by atoms with Crippen molar-refractivity contribution < 1.29 is 18.7 Å². The highest BCUT2D eigenvalue weighted by Crippen LogP contribution is 2.44. The lowest BCUT2D eigenvalue weighted by atomic mass is 9.89. The fourth-order valence-corrected chi connectivity index (χ4v) is 3.89. The van der Waals surface area contributed by atoms with Crippen LogP contribution in [0.25, 0.3) is 11.3 Å². The first-order chi connectivity index (χ1) is 14.5. The predicted octanol–water partition coefficient (Wildman–Crippen LogP) is 2.94. The van der Waals surface area contributed by atoms with E-state index in [1.807, 2.05) is 0 Å². The number of amides is 1. The Kier molecular flexibility index (Phi) is 4.97. The zero-order chi connectivity index (χ0) is 21.4. The molecule has 1 aromatic carbocycles. The SMILES string of the molecule is C#CC(=O)N1CCc2c(C#N)c(-c3ccc(C(=O)OC)cc3F)nc(C3CC3)c2C1. The molecule has 30 heavy (non-hydrogen) atoms. The number of hydrogen-bond donors (Lipinski definition) is 0. The summed E-state index contributed by atoms with van der Waals surface area (Å²) in [6, 6.07) is 6.17. The first kappa shape index (κ1) is 19.6. The van der Waals surface area contributed by atoms with Gasteiger partial charge in [0.25, 0.3) is 5.91 Å². The number of halogens is 1. The predicted molar refractivity (Wildman–Crippen MR) is 106 cm³/mol. The van der Waals surface area contributed by atoms with Crippen LogP contribution in [0.4, 0.5) is 4.39 Å². The molecule has 6 nitrogen and oxygen atoms in total. The lowest BCUT2D eigenvalue weighted by Crippen LogP contribution is -2.36. The number of esters is 1. The molecule has 0 radical (unpaired) electrons. The quantitative estimate of drug-likeness (QED) is 0.581. The third-order valence-electron chi connectivity index (χ3n) is 5.56. The molecule has 4 rings (SSSR count). The van der Waals surface area contributed by atoms with Crippen LogP contribution in [0.15, 0.2) is 18.2 Å². The van der Waals surface area contributed by atoms with Gasteiger partial charge < -0.3 is 9.64 Å². The average molecular weight is 403 g/mol. The number of nitriles is 1. The standard InChI is InChI=1S/C23H18FN3O3/c1-3-20(28)27-9-8-15-17(11-25)22(26-21(13-4-5-13)18(15)12-27)16-7-6-14(10-19(16)24)23(29)30-2/h1,6-7,10,13H,4-5,8-9,12H2,2H3. The molecule has 150 valence electrons. The summed E-state index contributed by atoms with van der Waals surface area (Å²) in [6.45, 7) is 0.692. The highest BCUT2D eigenvalue weighted by molar-refractivity contribution is 5.93. The molecule has 1 fully saturated rings. The normalized spacial score (nSPS) is 15.0. The third kappa shape index (κ3) is 3.29. The Morgan fingerprint density at radius 3 is 2.70 bits per heavy atom. The number of nitrogens with zero attached hydrogens (tertiary/aromatic N) is 3. The van der Waals surface area contributed by atoms with E-state index in [-0.39, 0.29) is 22.7 Å². The van der Waals surface area contributed by atoms with Gasteiger partial charge in [0.15, 0.2) is 0 Å². The van der Waals surface area contributed by atoms with Crippen molar-refractivity contribution in [2.45, 2.75) is 31.7 Å². The fraction of sp³-hybridized carbons (Fsp3) is 0.304. The van der Waals surface area contributed by atoms with Crippen molar-refractivity contribution in [2.24, 2.45) is 0 Å². The molecule has 0 N–H and O–H groups in total. The molecule has 0 atom stereocenters. The highest BCUT2D eigenvalue weighted by atomic mass is 19.1. The fourth-order valence-electron chi connectivity index (χ4n) is 3.89. The molecule has 1 amide bonds. The largest absolute Gasteiger partial charge is 0.465 e. The molecule has 0 unspecified atom stereocenters. The molecule has 1 aromatic heterocycles. The summed E-state index contributed by atoms with van der Waals surface area (Å²) in [6.07, 6.45) is 7.62. The van der Waals surface area contributed by atoms with E-state index in [1.54, 1.807) is 4.90 Å². The first-order valence-electron chi connectivity index (χ1n) is 9.58. The molecule has 2 aromatic rings. The van der Waals surface area contributed by atoms with Crippen molar-refractivity contribution in [3.8, 4) is 29.7 Å². The van der Waals surface area contributed by atoms with Gasteiger partial charge in [-0.2, -0.15) is 5.26 Å². The Labute approximate surface area is 173 Å². The summed E-state index contributed by atoms with van der Waals surface area (Å²) in [5, 5.41) is 9.87. The van der Waals surface area contributed by atoms with Crippen molar-refractivity contribution in [3.63, 3.8) is 0 Å². The summed E-state index contributed by atoms with van der Waals surface area (Å²) < 4.78 is 19.5. The van der Waals surface area contributed by atoms with E-state index < -0.39 is 17.7 Å². The number of ether oxygens (including phenoxy) is 1. The van der Waals surface area contributed by atoms with Gasteiger partial charge in [0.05, 0.1) is 23.9 Å². The van der Waals surface area contributed by atoms with Crippen LogP contribution < -0.4 is 0 Å². The van der Waals surface area contributed by atoms with Crippen molar-refractivity contribution in [1.29, 1.82) is 5.26 Å². The lowest BCUT2D eigenvalue weighted by Gasteiger charge is -2.30. The van der Waals surface area contributed by atoms with Gasteiger partial charge in [-0.1, -0.05) is 0 Å². The van der Waals surface area contributed by atoms with Gasteiger partial charge in [-0.15, -0.1) is 6.42 Å². The molecule has 1 aliphatic carbocycles. The second-order valence-electron chi connectivity index (χ2n) is 7.37. The molecule has 1 aliphatic heterocycles. The molecular formula is C23H18FN3O3. The Hall–Kier alpha value is -3.71. The minimum atomic E-state index is -0.649. The Morgan fingerprint density at radius 2 is 2.10 bits per heavy atom. The Morgan fingerprint density at radius 1 is 1.33 bits per heavy atom. The van der Waals surface area contributed by atoms with E-state index in [9.17, 15) is 19.2 Å². The van der Waals surface area contributed by atoms with Crippen molar-refractivity contribution in [1.82, 2.24) is 9.88 Å². The second-order valence-corrected chi connectivity index (χ2v) is 7.37. The Balaban J connectivity index is 1.86. The smallest absolute Gasteiger partial charge is 0.337 e. The van der Waals surface area contributed by atoms with Crippen LogP contribution >= 0.6 is 0 Å². The van der Waals surface area contributed by atoms with Gasteiger partial charge in [-0.25, -0.2) is 9.18 Å². The van der Waals surface area contributed by atoms with Crippen LogP contribution in [-0.4, -0.2) is 35.4 Å². The van der Waals surface area contributed by atoms with Crippen LogP contribution in [0, 0.1) is 29.5 Å². The highest BCUT2D eigenvalue weighted by Gasteiger charge is 2.34. The number of rotatable bonds is 3. The van der Waals surface area contributed by atoms with Crippen LogP contribution in [0.3, 0.4) is 0 Å². The molecule has 0 spiro atoms. The maximum Gasteiger partial charge on any atom is 0.337 e. The van der Waals surface area contributed by atoms with E-state index in [0.29, 0.717) is 25.1 Å². The zero-order valence-electron chi connectivity index (χ0n) is 16.4. The summed E-state index contributed by atoms with van der Waals surface area (Å²) in [5.74, 6) is 0.676. The number of hydrogen-bond acceptors (Lipinski definition) is 5. The summed E-state index contributed by atoms with van der Waals surface area (Å²) in [5.41, 5.74) is 3.24. The van der Waals surface area contributed by atoms with Crippen LogP contribution in [-0.2, 0) is 22.5 Å². The van der Waals surface area contributed by atoms with Crippen molar-refractivity contribution >= 4 is 11.9 Å². The van der Waals surface area contributed by atoms with E-state index in [0.717, 1.165) is 35.7 Å². The number of carbonyl (C=O) groups is 2. The van der Waals surface area contributed by atoms with E-state index >= 15 is 0 Å². The third-order valence-corrected chi connectivity index (χ3v) is 5.56. The summed E-state index contributed by atoms with van der Waals surface area (Å²) in [7, 11) is 1.23. The molecule has 0 saturated heterocycles. The van der Waals surface area contributed by atoms with Crippen molar-refractivity contribution in [2.75, 3.05) is 13.7 Å². The van der Waals surface area contributed by atoms with Gasteiger partial charge in [0.2, 0.25) is 0 Å². The van der Waals surface area contributed by atoms with Crippen LogP contribution in [0.5, 0.6) is 0 Å². The number of benzene rings is 1. The zero-order valence-corrected chi connectivity index (χ0v) is 16.4. The molecule has 7 heteroatoms. The molecule has 0 bridgehead atoms. The monoisotopic (exact) mass is 403 g/mol. The first-order valence-corrected chi connectivity index (χ1v) is 9.58. The van der Waals surface area contributed by atoms with Gasteiger partial charge in [0.1, 0.15) is 11.9 Å². The van der Waals surface area contributed by atoms with E-state index in [2.05, 4.69) is 16.7 Å². The molecule has 1 saturated carbocycles.